The molecule has 0 aliphatic carbocycles. The van der Waals surface area contributed by atoms with Gasteiger partial charge in [0.15, 0.2) is 0 Å². The van der Waals surface area contributed by atoms with Crippen LogP contribution in [0.2, 0.25) is 0 Å². The zero-order valence-corrected chi connectivity index (χ0v) is 10.2. The second-order valence-corrected chi connectivity index (χ2v) is 4.85. The number of hydrogen-bond donors (Lipinski definition) is 0. The Balaban J connectivity index is 3.04. The van der Waals surface area contributed by atoms with Crippen LogP contribution in [-0.2, 0) is 5.41 Å². The molecule has 0 N–H and O–H groups in total. The third kappa shape index (κ3) is 3.44. The summed E-state index contributed by atoms with van der Waals surface area (Å²) in [4.78, 5) is 0. The predicted octanol–water partition coefficient (Wildman–Crippen LogP) is 4.14. The van der Waals surface area contributed by atoms with Crippen LogP contribution in [0.1, 0.15) is 51.7 Å². The van der Waals surface area contributed by atoms with Crippen molar-refractivity contribution in [3.05, 3.63) is 35.4 Å². The van der Waals surface area contributed by atoms with Crippen molar-refractivity contribution in [2.75, 3.05) is 0 Å². The van der Waals surface area contributed by atoms with Gasteiger partial charge in [0.1, 0.15) is 0 Å². The van der Waals surface area contributed by atoms with Gasteiger partial charge in [-0.3, -0.25) is 0 Å². The van der Waals surface area contributed by atoms with E-state index in [-0.39, 0.29) is 5.41 Å². The monoisotopic (exact) mass is 200 g/mol. The minimum atomic E-state index is 0.178. The molecule has 15 heavy (non-hydrogen) atoms. The molecule has 1 rings (SSSR count). The smallest absolute Gasteiger partial charge is 0.0282 e. The highest BCUT2D eigenvalue weighted by molar-refractivity contribution is 5.44. The first-order chi connectivity index (χ1) is 7.05. The van der Waals surface area contributed by atoms with Crippen molar-refractivity contribution in [3.8, 4) is 11.8 Å². The first-order valence-electron chi connectivity index (χ1n) is 5.64. The van der Waals surface area contributed by atoms with Gasteiger partial charge in [0.05, 0.1) is 0 Å². The fourth-order valence-electron chi connectivity index (χ4n) is 1.53. The Morgan fingerprint density at radius 3 is 2.40 bits per heavy atom. The molecule has 0 fully saturated rings. The van der Waals surface area contributed by atoms with E-state index in [0.29, 0.717) is 0 Å². The zero-order chi connectivity index (χ0) is 11.3. The predicted molar refractivity (Wildman–Crippen MR) is 66.9 cm³/mol. The molecular weight excluding hydrogens is 180 g/mol. The topological polar surface area (TPSA) is 0 Å². The normalized spacial score (nSPS) is 10.7. The Morgan fingerprint density at radius 2 is 1.80 bits per heavy atom. The highest BCUT2D eigenvalue weighted by Crippen LogP contribution is 2.24. The maximum Gasteiger partial charge on any atom is 0.0282 e. The zero-order valence-electron chi connectivity index (χ0n) is 10.2. The highest BCUT2D eigenvalue weighted by Gasteiger charge is 2.15. The van der Waals surface area contributed by atoms with E-state index in [9.17, 15) is 0 Å². The Morgan fingerprint density at radius 1 is 1.13 bits per heavy atom. The first-order valence-corrected chi connectivity index (χ1v) is 5.64. The van der Waals surface area contributed by atoms with E-state index < -0.39 is 0 Å². The van der Waals surface area contributed by atoms with E-state index in [2.05, 4.69) is 63.8 Å². The molecular formula is C15H20. The van der Waals surface area contributed by atoms with Crippen LogP contribution in [0.3, 0.4) is 0 Å². The third-order valence-corrected chi connectivity index (χ3v) is 2.33. The minimum Gasteiger partial charge on any atom is -0.0979 e. The lowest BCUT2D eigenvalue weighted by Gasteiger charge is -2.20. The molecule has 0 aliphatic heterocycles. The van der Waals surface area contributed by atoms with Gasteiger partial charge in [-0.2, -0.15) is 0 Å². The summed E-state index contributed by atoms with van der Waals surface area (Å²) in [5, 5.41) is 0. The Kier molecular flexibility index (Phi) is 3.97. The van der Waals surface area contributed by atoms with Crippen LogP contribution in [0.25, 0.3) is 0 Å². The lowest BCUT2D eigenvalue weighted by molar-refractivity contribution is 0.589. The van der Waals surface area contributed by atoms with Crippen LogP contribution in [0.5, 0.6) is 0 Å². The Labute approximate surface area is 93.7 Å². The third-order valence-electron chi connectivity index (χ3n) is 2.33. The van der Waals surface area contributed by atoms with E-state index in [1.807, 2.05) is 0 Å². The van der Waals surface area contributed by atoms with Gasteiger partial charge in [0, 0.05) is 12.0 Å². The Hall–Kier alpha value is -1.22. The maximum absolute atomic E-state index is 3.27. The van der Waals surface area contributed by atoms with Crippen molar-refractivity contribution in [2.45, 2.75) is 46.0 Å². The van der Waals surface area contributed by atoms with Gasteiger partial charge in [-0.15, -0.1) is 0 Å². The van der Waals surface area contributed by atoms with Crippen LogP contribution in [0.4, 0.5) is 0 Å². The molecule has 0 atom stereocenters. The van der Waals surface area contributed by atoms with Gasteiger partial charge in [-0.05, 0) is 23.5 Å². The standard InChI is InChI=1S/C15H20/c1-5-6-7-10-13-11-8-9-12-14(13)15(2,3)4/h8-9,11-12H,5-6H2,1-4H3. The van der Waals surface area contributed by atoms with Crippen LogP contribution < -0.4 is 0 Å². The van der Waals surface area contributed by atoms with E-state index in [1.54, 1.807) is 0 Å². The summed E-state index contributed by atoms with van der Waals surface area (Å²) in [6.07, 6.45) is 2.11. The maximum atomic E-state index is 3.27. The number of rotatable bonds is 1. The fraction of sp³-hybridized carbons (Fsp3) is 0.467. The lowest BCUT2D eigenvalue weighted by atomic mass is 9.84. The van der Waals surface area contributed by atoms with Crippen molar-refractivity contribution in [2.24, 2.45) is 0 Å². The summed E-state index contributed by atoms with van der Waals surface area (Å²) >= 11 is 0. The molecule has 0 heterocycles. The summed E-state index contributed by atoms with van der Waals surface area (Å²) in [5.41, 5.74) is 2.70. The van der Waals surface area contributed by atoms with Crippen LogP contribution in [0.15, 0.2) is 24.3 Å². The molecule has 0 saturated carbocycles. The fourth-order valence-corrected chi connectivity index (χ4v) is 1.53. The molecule has 0 spiro atoms. The van der Waals surface area contributed by atoms with Gasteiger partial charge < -0.3 is 0 Å². The molecule has 0 saturated heterocycles. The Bertz CT molecular complexity index is 369. The number of hydrogen-bond acceptors (Lipinski definition) is 0. The van der Waals surface area contributed by atoms with Crippen LogP contribution in [-0.4, -0.2) is 0 Å². The molecule has 1 aromatic carbocycles. The molecule has 0 aliphatic rings. The quantitative estimate of drug-likeness (QED) is 0.598. The summed E-state index contributed by atoms with van der Waals surface area (Å²) in [6, 6.07) is 8.44. The molecule has 80 valence electrons. The van der Waals surface area contributed by atoms with Crippen LogP contribution >= 0.6 is 0 Å². The first kappa shape index (κ1) is 11.9. The van der Waals surface area contributed by atoms with Crippen molar-refractivity contribution < 1.29 is 0 Å². The average Bonchev–Trinajstić information content (AvgIpc) is 2.17. The summed E-state index contributed by atoms with van der Waals surface area (Å²) in [7, 11) is 0. The second kappa shape index (κ2) is 5.03. The summed E-state index contributed by atoms with van der Waals surface area (Å²) < 4.78 is 0. The van der Waals surface area contributed by atoms with Crippen molar-refractivity contribution in [3.63, 3.8) is 0 Å². The van der Waals surface area contributed by atoms with Crippen LogP contribution in [0, 0.1) is 11.8 Å². The average molecular weight is 200 g/mol. The minimum absolute atomic E-state index is 0.178. The molecule has 0 unspecified atom stereocenters. The van der Waals surface area contributed by atoms with Gasteiger partial charge in [0.2, 0.25) is 0 Å². The number of benzene rings is 1. The van der Waals surface area contributed by atoms with E-state index in [0.717, 1.165) is 12.8 Å². The molecule has 0 bridgehead atoms. The molecule has 1 aromatic rings. The van der Waals surface area contributed by atoms with Gasteiger partial charge in [-0.1, -0.05) is 57.7 Å². The summed E-state index contributed by atoms with van der Waals surface area (Å²) in [6.45, 7) is 8.85. The van der Waals surface area contributed by atoms with Gasteiger partial charge in [0.25, 0.3) is 0 Å². The van der Waals surface area contributed by atoms with E-state index in [4.69, 9.17) is 0 Å². The van der Waals surface area contributed by atoms with E-state index >= 15 is 0 Å². The molecule has 0 nitrogen and oxygen atoms in total. The number of unbranched alkanes of at least 4 members (excludes halogenated alkanes) is 1. The van der Waals surface area contributed by atoms with Gasteiger partial charge in [-0.25, -0.2) is 0 Å². The second-order valence-electron chi connectivity index (χ2n) is 4.85. The van der Waals surface area contributed by atoms with Crippen molar-refractivity contribution in [1.29, 1.82) is 0 Å². The molecule has 0 heteroatoms. The largest absolute Gasteiger partial charge is 0.0979 e. The lowest BCUT2D eigenvalue weighted by Crippen LogP contribution is -2.12. The molecule has 0 aromatic heterocycles. The van der Waals surface area contributed by atoms with Gasteiger partial charge >= 0.3 is 0 Å². The highest BCUT2D eigenvalue weighted by atomic mass is 14.2. The van der Waals surface area contributed by atoms with E-state index in [1.165, 1.54) is 11.1 Å². The SMILES string of the molecule is CCCC#Cc1ccccc1C(C)(C)C. The van der Waals surface area contributed by atoms with Crippen molar-refractivity contribution in [1.82, 2.24) is 0 Å². The molecule has 0 radical (unpaired) electrons. The van der Waals surface area contributed by atoms with Crippen molar-refractivity contribution >= 4 is 0 Å². The summed E-state index contributed by atoms with van der Waals surface area (Å²) in [5.74, 6) is 6.48. The molecule has 0 amide bonds.